The summed E-state index contributed by atoms with van der Waals surface area (Å²) < 4.78 is 2.29. The normalized spacial score (nSPS) is 25.7. The molecule has 0 bridgehead atoms. The van der Waals surface area contributed by atoms with E-state index in [1.54, 1.807) is 0 Å². The smallest absolute Gasteiger partial charge is 0.0511 e. The summed E-state index contributed by atoms with van der Waals surface area (Å²) >= 11 is 0. The maximum atomic E-state index is 6.13. The number of fused-ring (bicyclic) bond motifs is 1. The van der Waals surface area contributed by atoms with Crippen LogP contribution in [-0.4, -0.2) is 40.6 Å². The van der Waals surface area contributed by atoms with E-state index in [1.807, 2.05) is 12.4 Å². The summed E-state index contributed by atoms with van der Waals surface area (Å²) in [6.45, 7) is 2.09. The Labute approximate surface area is 107 Å². The molecule has 1 aliphatic heterocycles. The van der Waals surface area contributed by atoms with E-state index in [0.29, 0.717) is 5.92 Å². The zero-order valence-corrected chi connectivity index (χ0v) is 11.0. The van der Waals surface area contributed by atoms with E-state index < -0.39 is 0 Å². The molecule has 0 aliphatic carbocycles. The molecule has 0 radical (unpaired) electrons. The van der Waals surface area contributed by atoms with E-state index in [1.165, 1.54) is 16.6 Å². The van der Waals surface area contributed by atoms with Crippen LogP contribution in [0.4, 0.5) is 0 Å². The van der Waals surface area contributed by atoms with Crippen LogP contribution in [0.5, 0.6) is 0 Å². The van der Waals surface area contributed by atoms with E-state index in [2.05, 4.69) is 40.7 Å². The summed E-state index contributed by atoms with van der Waals surface area (Å²) in [6.07, 6.45) is 4.86. The van der Waals surface area contributed by atoms with Crippen LogP contribution >= 0.6 is 0 Å². The van der Waals surface area contributed by atoms with Gasteiger partial charge in [-0.3, -0.25) is 4.98 Å². The first-order chi connectivity index (χ1) is 8.65. The zero-order valence-electron chi connectivity index (χ0n) is 11.0. The van der Waals surface area contributed by atoms with E-state index >= 15 is 0 Å². The van der Waals surface area contributed by atoms with E-state index in [9.17, 15) is 0 Å². The molecule has 18 heavy (non-hydrogen) atoms. The lowest BCUT2D eigenvalue weighted by Gasteiger charge is -2.34. The number of hydrogen-bond donors (Lipinski definition) is 1. The monoisotopic (exact) mass is 244 g/mol. The number of likely N-dealkylation sites (N-methyl/N-ethyl adjacent to an activating group) is 1. The quantitative estimate of drug-likeness (QED) is 0.823. The number of hydrogen-bond acceptors (Lipinski definition) is 3. The van der Waals surface area contributed by atoms with Crippen LogP contribution in [0.1, 0.15) is 18.0 Å². The minimum atomic E-state index is 0.282. The van der Waals surface area contributed by atoms with Crippen molar-refractivity contribution >= 4 is 10.9 Å². The lowest BCUT2D eigenvalue weighted by Crippen LogP contribution is -2.44. The van der Waals surface area contributed by atoms with Crippen molar-refractivity contribution < 1.29 is 0 Å². The summed E-state index contributed by atoms with van der Waals surface area (Å²) in [7, 11) is 4.29. The molecule has 0 aromatic carbocycles. The highest BCUT2D eigenvalue weighted by atomic mass is 15.1. The van der Waals surface area contributed by atoms with Crippen LogP contribution in [0.3, 0.4) is 0 Å². The average molecular weight is 244 g/mol. The molecule has 1 fully saturated rings. The van der Waals surface area contributed by atoms with Crippen LogP contribution < -0.4 is 5.73 Å². The fourth-order valence-electron chi connectivity index (χ4n) is 3.18. The topological polar surface area (TPSA) is 47.1 Å². The summed E-state index contributed by atoms with van der Waals surface area (Å²) in [4.78, 5) is 6.52. The Balaban J connectivity index is 2.01. The van der Waals surface area contributed by atoms with Gasteiger partial charge in [-0.25, -0.2) is 0 Å². The second-order valence-corrected chi connectivity index (χ2v) is 5.48. The summed E-state index contributed by atoms with van der Waals surface area (Å²) in [5.41, 5.74) is 8.76. The van der Waals surface area contributed by atoms with Gasteiger partial charge in [0.25, 0.3) is 0 Å². The second kappa shape index (κ2) is 4.37. The number of aryl methyl sites for hydroxylation is 1. The SMILES string of the molecule is CN1CC(N)CC(c2cc3cnccc3n2C)C1. The third-order valence-corrected chi connectivity index (χ3v) is 3.96. The third kappa shape index (κ3) is 1.91. The van der Waals surface area contributed by atoms with Crippen molar-refractivity contribution in [3.63, 3.8) is 0 Å². The molecule has 4 nitrogen and oxygen atoms in total. The number of piperidine rings is 1. The van der Waals surface area contributed by atoms with Gasteiger partial charge >= 0.3 is 0 Å². The molecule has 1 saturated heterocycles. The molecule has 3 heterocycles. The van der Waals surface area contributed by atoms with E-state index in [4.69, 9.17) is 5.73 Å². The highest BCUT2D eigenvalue weighted by Crippen LogP contribution is 2.29. The molecule has 2 N–H and O–H groups in total. The first-order valence-corrected chi connectivity index (χ1v) is 6.48. The first-order valence-electron chi connectivity index (χ1n) is 6.48. The van der Waals surface area contributed by atoms with Crippen LogP contribution in [-0.2, 0) is 7.05 Å². The molecule has 0 amide bonds. The van der Waals surface area contributed by atoms with Crippen molar-refractivity contribution in [2.24, 2.45) is 12.8 Å². The van der Waals surface area contributed by atoms with Gasteiger partial charge in [0.2, 0.25) is 0 Å². The van der Waals surface area contributed by atoms with E-state index in [0.717, 1.165) is 19.5 Å². The molecular formula is C14H20N4. The first kappa shape index (κ1) is 11.7. The molecule has 0 spiro atoms. The van der Waals surface area contributed by atoms with Gasteiger partial charge in [-0.05, 0) is 25.6 Å². The van der Waals surface area contributed by atoms with Crippen molar-refractivity contribution in [3.05, 3.63) is 30.2 Å². The molecule has 2 aromatic rings. The molecule has 96 valence electrons. The number of pyridine rings is 1. The Morgan fingerprint density at radius 1 is 1.33 bits per heavy atom. The predicted molar refractivity (Wildman–Crippen MR) is 73.5 cm³/mol. The molecule has 1 aliphatic rings. The molecule has 2 atom stereocenters. The molecular weight excluding hydrogens is 224 g/mol. The van der Waals surface area contributed by atoms with Gasteiger partial charge in [0.1, 0.15) is 0 Å². The maximum absolute atomic E-state index is 6.13. The average Bonchev–Trinajstić information content (AvgIpc) is 2.66. The molecule has 3 rings (SSSR count). The van der Waals surface area contributed by atoms with Crippen LogP contribution in [0.15, 0.2) is 24.5 Å². The maximum Gasteiger partial charge on any atom is 0.0511 e. The van der Waals surface area contributed by atoms with Crippen molar-refractivity contribution in [2.75, 3.05) is 20.1 Å². The summed E-state index contributed by atoms with van der Waals surface area (Å²) in [5, 5.41) is 1.22. The molecule has 2 unspecified atom stereocenters. The van der Waals surface area contributed by atoms with Gasteiger partial charge < -0.3 is 15.2 Å². The lowest BCUT2D eigenvalue weighted by atomic mass is 9.92. The minimum Gasteiger partial charge on any atom is -0.347 e. The Hall–Kier alpha value is -1.39. The number of nitrogens with two attached hydrogens (primary N) is 1. The fourth-order valence-corrected chi connectivity index (χ4v) is 3.18. The van der Waals surface area contributed by atoms with Gasteiger partial charge in [-0.15, -0.1) is 0 Å². The van der Waals surface area contributed by atoms with Gasteiger partial charge in [-0.2, -0.15) is 0 Å². The largest absolute Gasteiger partial charge is 0.347 e. The standard InChI is InChI=1S/C14H20N4/c1-17-8-11(5-12(15)9-17)14-6-10-7-16-4-3-13(10)18(14)2/h3-4,6-7,11-12H,5,8-9,15H2,1-2H3. The highest BCUT2D eigenvalue weighted by Gasteiger charge is 2.26. The van der Waals surface area contributed by atoms with E-state index in [-0.39, 0.29) is 6.04 Å². The van der Waals surface area contributed by atoms with Crippen molar-refractivity contribution in [1.29, 1.82) is 0 Å². The van der Waals surface area contributed by atoms with Crippen LogP contribution in [0, 0.1) is 0 Å². The summed E-state index contributed by atoms with van der Waals surface area (Å²) in [5.74, 6) is 0.524. The predicted octanol–water partition coefficient (Wildman–Crippen LogP) is 1.32. The van der Waals surface area contributed by atoms with Crippen LogP contribution in [0.25, 0.3) is 10.9 Å². The Morgan fingerprint density at radius 3 is 2.89 bits per heavy atom. The van der Waals surface area contributed by atoms with Gasteiger partial charge in [0.05, 0.1) is 5.52 Å². The second-order valence-electron chi connectivity index (χ2n) is 5.48. The van der Waals surface area contributed by atoms with Crippen molar-refractivity contribution in [1.82, 2.24) is 14.5 Å². The number of aromatic nitrogens is 2. The van der Waals surface area contributed by atoms with Crippen molar-refractivity contribution in [2.45, 2.75) is 18.4 Å². The van der Waals surface area contributed by atoms with Crippen LogP contribution in [0.2, 0.25) is 0 Å². The number of rotatable bonds is 1. The summed E-state index contributed by atoms with van der Waals surface area (Å²) in [6, 6.07) is 4.62. The molecule has 0 saturated carbocycles. The number of likely N-dealkylation sites (tertiary alicyclic amines) is 1. The lowest BCUT2D eigenvalue weighted by molar-refractivity contribution is 0.223. The Morgan fingerprint density at radius 2 is 2.17 bits per heavy atom. The Bertz CT molecular complexity index is 550. The zero-order chi connectivity index (χ0) is 12.7. The third-order valence-electron chi connectivity index (χ3n) is 3.96. The molecule has 4 heteroatoms. The fraction of sp³-hybridized carbons (Fsp3) is 0.500. The van der Waals surface area contributed by atoms with Gasteiger partial charge in [0, 0.05) is 55.6 Å². The number of nitrogens with zero attached hydrogens (tertiary/aromatic N) is 3. The molecule has 2 aromatic heterocycles. The van der Waals surface area contributed by atoms with Crippen molar-refractivity contribution in [3.8, 4) is 0 Å². The minimum absolute atomic E-state index is 0.282. The Kier molecular flexibility index (Phi) is 2.84. The highest BCUT2D eigenvalue weighted by molar-refractivity contribution is 5.80. The van der Waals surface area contributed by atoms with Gasteiger partial charge in [0.15, 0.2) is 0 Å². The van der Waals surface area contributed by atoms with Gasteiger partial charge in [-0.1, -0.05) is 0 Å².